The van der Waals surface area contributed by atoms with E-state index >= 15 is 0 Å². The molecule has 0 radical (unpaired) electrons. The first kappa shape index (κ1) is 19.6. The number of thioether (sulfide) groups is 1. The lowest BCUT2D eigenvalue weighted by molar-refractivity contribution is -0.136. The molecule has 4 nitrogen and oxygen atoms in total. The van der Waals surface area contributed by atoms with Crippen LogP contribution in [0.2, 0.25) is 0 Å². The van der Waals surface area contributed by atoms with Gasteiger partial charge in [-0.15, -0.1) is 11.8 Å². The average molecular weight is 396 g/mol. The quantitative estimate of drug-likeness (QED) is 0.772. The summed E-state index contributed by atoms with van der Waals surface area (Å²) in [7, 11) is 0. The Hall–Kier alpha value is -2.19. The molecule has 144 valence electrons. The van der Waals surface area contributed by atoms with Crippen molar-refractivity contribution in [3.05, 3.63) is 53.6 Å². The summed E-state index contributed by atoms with van der Waals surface area (Å²) in [4.78, 5) is 15.2. The topological polar surface area (TPSA) is 41.6 Å². The zero-order chi connectivity index (χ0) is 19.4. The van der Waals surface area contributed by atoms with E-state index < -0.39 is 17.6 Å². The Balaban J connectivity index is 1.85. The second-order valence-corrected chi connectivity index (χ2v) is 6.89. The first-order chi connectivity index (χ1) is 12.9. The lowest BCUT2D eigenvalue weighted by Gasteiger charge is -2.29. The molecule has 3 rings (SSSR count). The van der Waals surface area contributed by atoms with Crippen molar-refractivity contribution in [3.8, 4) is 0 Å². The Morgan fingerprint density at radius 1 is 1.11 bits per heavy atom. The molecule has 0 bridgehead atoms. The van der Waals surface area contributed by atoms with Gasteiger partial charge in [-0.2, -0.15) is 13.2 Å². The average Bonchev–Trinajstić information content (AvgIpc) is 2.68. The minimum Gasteiger partial charge on any atom is -0.378 e. The molecule has 1 saturated heterocycles. The number of nitrogens with one attached hydrogen (secondary N) is 1. The highest BCUT2D eigenvalue weighted by atomic mass is 32.2. The fourth-order valence-electron chi connectivity index (χ4n) is 2.83. The lowest BCUT2D eigenvalue weighted by atomic mass is 10.1. The molecule has 1 amide bonds. The third kappa shape index (κ3) is 4.75. The van der Waals surface area contributed by atoms with Crippen molar-refractivity contribution >= 4 is 29.0 Å². The van der Waals surface area contributed by atoms with Crippen LogP contribution >= 0.6 is 11.8 Å². The molecular formula is C19H19F3N2O2S. The summed E-state index contributed by atoms with van der Waals surface area (Å²) in [6.45, 7) is 2.02. The van der Waals surface area contributed by atoms with E-state index in [1.165, 1.54) is 17.8 Å². The number of hydrogen-bond donors (Lipinski definition) is 1. The van der Waals surface area contributed by atoms with Crippen molar-refractivity contribution in [1.29, 1.82) is 0 Å². The van der Waals surface area contributed by atoms with Gasteiger partial charge in [0.25, 0.3) is 5.91 Å². The molecule has 8 heteroatoms. The minimum atomic E-state index is -4.58. The van der Waals surface area contributed by atoms with Crippen LogP contribution in [0.1, 0.15) is 15.9 Å². The van der Waals surface area contributed by atoms with Crippen LogP contribution in [0.4, 0.5) is 24.5 Å². The number of ether oxygens (including phenoxy) is 1. The van der Waals surface area contributed by atoms with Gasteiger partial charge in [-0.05, 0) is 48.7 Å². The highest BCUT2D eigenvalue weighted by Crippen LogP contribution is 2.37. The molecule has 0 spiro atoms. The number of morpholine rings is 1. The van der Waals surface area contributed by atoms with E-state index in [2.05, 4.69) is 5.32 Å². The maximum Gasteiger partial charge on any atom is 0.418 e. The second kappa shape index (κ2) is 8.22. The van der Waals surface area contributed by atoms with Gasteiger partial charge in [0.15, 0.2) is 0 Å². The van der Waals surface area contributed by atoms with Crippen molar-refractivity contribution in [2.24, 2.45) is 0 Å². The second-order valence-electron chi connectivity index (χ2n) is 6.01. The lowest BCUT2D eigenvalue weighted by Crippen LogP contribution is -2.36. The number of benzene rings is 2. The largest absolute Gasteiger partial charge is 0.418 e. The summed E-state index contributed by atoms with van der Waals surface area (Å²) >= 11 is 1.52. The Morgan fingerprint density at radius 2 is 1.78 bits per heavy atom. The van der Waals surface area contributed by atoms with E-state index in [-0.39, 0.29) is 5.69 Å². The van der Waals surface area contributed by atoms with E-state index in [1.54, 1.807) is 30.3 Å². The van der Waals surface area contributed by atoms with Crippen LogP contribution in [0.3, 0.4) is 0 Å². The van der Waals surface area contributed by atoms with Crippen molar-refractivity contribution in [3.63, 3.8) is 0 Å². The number of alkyl halides is 3. The standard InChI is InChI=1S/C19H19F3N2O2S/c1-27-15-5-2-13(3-6-15)18(25)23-17-7-4-14(12-16(17)19(20,21)22)24-8-10-26-11-9-24/h2-7,12H,8-11H2,1H3,(H,23,25). The molecule has 27 heavy (non-hydrogen) atoms. The molecule has 1 heterocycles. The van der Waals surface area contributed by atoms with Crippen LogP contribution in [-0.4, -0.2) is 38.5 Å². The molecule has 2 aromatic rings. The normalized spacial score (nSPS) is 14.9. The first-order valence-electron chi connectivity index (χ1n) is 8.38. The van der Waals surface area contributed by atoms with E-state index in [0.717, 1.165) is 11.0 Å². The minimum absolute atomic E-state index is 0.251. The SMILES string of the molecule is CSc1ccc(C(=O)Nc2ccc(N3CCOCC3)cc2C(F)(F)F)cc1. The van der Waals surface area contributed by atoms with Gasteiger partial charge in [0.05, 0.1) is 24.5 Å². The smallest absolute Gasteiger partial charge is 0.378 e. The van der Waals surface area contributed by atoms with Crippen LogP contribution < -0.4 is 10.2 Å². The predicted octanol–water partition coefficient (Wildman–Crippen LogP) is 4.52. The van der Waals surface area contributed by atoms with E-state index in [0.29, 0.717) is 37.6 Å². The van der Waals surface area contributed by atoms with Crippen LogP contribution in [0.5, 0.6) is 0 Å². The Kier molecular flexibility index (Phi) is 5.96. The third-order valence-corrected chi connectivity index (χ3v) is 5.03. The van der Waals surface area contributed by atoms with Crippen molar-refractivity contribution in [2.45, 2.75) is 11.1 Å². The summed E-state index contributed by atoms with van der Waals surface area (Å²) in [5, 5.41) is 2.39. The highest BCUT2D eigenvalue weighted by molar-refractivity contribution is 7.98. The summed E-state index contributed by atoms with van der Waals surface area (Å²) < 4.78 is 45.9. The van der Waals surface area contributed by atoms with Gasteiger partial charge in [-0.1, -0.05) is 0 Å². The molecular weight excluding hydrogens is 377 g/mol. The summed E-state index contributed by atoms with van der Waals surface area (Å²) in [6, 6.07) is 10.7. The van der Waals surface area contributed by atoms with Crippen LogP contribution in [0.15, 0.2) is 47.4 Å². The Labute approximate surface area is 159 Å². The van der Waals surface area contributed by atoms with Gasteiger partial charge >= 0.3 is 6.18 Å². The molecule has 0 unspecified atom stereocenters. The van der Waals surface area contributed by atoms with Crippen LogP contribution in [0.25, 0.3) is 0 Å². The number of carbonyl (C=O) groups is 1. The van der Waals surface area contributed by atoms with Crippen molar-refractivity contribution in [1.82, 2.24) is 0 Å². The molecule has 1 aliphatic rings. The molecule has 0 aromatic heterocycles. The first-order valence-corrected chi connectivity index (χ1v) is 9.60. The Morgan fingerprint density at radius 3 is 2.37 bits per heavy atom. The van der Waals surface area contributed by atoms with Gasteiger partial charge in [0.1, 0.15) is 0 Å². The molecule has 1 fully saturated rings. The molecule has 2 aromatic carbocycles. The van der Waals surface area contributed by atoms with E-state index in [9.17, 15) is 18.0 Å². The monoisotopic (exact) mass is 396 g/mol. The van der Waals surface area contributed by atoms with Gasteiger partial charge in [0, 0.05) is 29.2 Å². The van der Waals surface area contributed by atoms with Crippen LogP contribution in [0, 0.1) is 0 Å². The summed E-state index contributed by atoms with van der Waals surface area (Å²) in [5.74, 6) is -0.577. The fraction of sp³-hybridized carbons (Fsp3) is 0.316. The number of halogens is 3. The Bertz CT molecular complexity index is 804. The number of rotatable bonds is 4. The molecule has 0 atom stereocenters. The zero-order valence-corrected chi connectivity index (χ0v) is 15.5. The third-order valence-electron chi connectivity index (χ3n) is 4.29. The molecule has 0 aliphatic carbocycles. The maximum absolute atomic E-state index is 13.5. The van der Waals surface area contributed by atoms with E-state index in [1.807, 2.05) is 11.2 Å². The highest BCUT2D eigenvalue weighted by Gasteiger charge is 2.35. The number of anilines is 2. The van der Waals surface area contributed by atoms with Gasteiger partial charge in [-0.25, -0.2) is 0 Å². The van der Waals surface area contributed by atoms with Gasteiger partial charge in [0.2, 0.25) is 0 Å². The zero-order valence-electron chi connectivity index (χ0n) is 14.7. The summed E-state index contributed by atoms with van der Waals surface area (Å²) in [5.41, 5.74) is -0.342. The van der Waals surface area contributed by atoms with Crippen molar-refractivity contribution in [2.75, 3.05) is 42.8 Å². The molecule has 1 N–H and O–H groups in total. The molecule has 1 aliphatic heterocycles. The maximum atomic E-state index is 13.5. The number of amides is 1. The van der Waals surface area contributed by atoms with Gasteiger partial charge < -0.3 is 15.0 Å². The number of carbonyl (C=O) groups excluding carboxylic acids is 1. The van der Waals surface area contributed by atoms with Gasteiger partial charge in [-0.3, -0.25) is 4.79 Å². The predicted molar refractivity (Wildman–Crippen MR) is 101 cm³/mol. The van der Waals surface area contributed by atoms with Crippen molar-refractivity contribution < 1.29 is 22.7 Å². The van der Waals surface area contributed by atoms with Crippen LogP contribution in [-0.2, 0) is 10.9 Å². The number of nitrogens with zero attached hydrogens (tertiary/aromatic N) is 1. The van der Waals surface area contributed by atoms with E-state index in [4.69, 9.17) is 4.74 Å². The number of hydrogen-bond acceptors (Lipinski definition) is 4. The molecule has 0 saturated carbocycles. The summed E-state index contributed by atoms with van der Waals surface area (Å²) in [6.07, 6.45) is -2.67. The fourth-order valence-corrected chi connectivity index (χ4v) is 3.24.